The van der Waals surface area contributed by atoms with E-state index in [0.29, 0.717) is 12.1 Å². The molecule has 2 saturated heterocycles. The Morgan fingerprint density at radius 2 is 1.75 bits per heavy atom. The van der Waals surface area contributed by atoms with E-state index < -0.39 is 0 Å². The molecule has 92 valence electrons. The molecule has 3 rings (SSSR count). The molecule has 0 bridgehead atoms. The highest BCUT2D eigenvalue weighted by molar-refractivity contribution is 14.0. The predicted molar refractivity (Wildman–Crippen MR) is 74.3 cm³/mol. The third-order valence-corrected chi connectivity index (χ3v) is 3.71. The number of rotatable bonds is 2. The van der Waals surface area contributed by atoms with Gasteiger partial charge in [0.2, 0.25) is 0 Å². The van der Waals surface area contributed by atoms with Gasteiger partial charge in [0.05, 0.1) is 25.3 Å². The van der Waals surface area contributed by atoms with Crippen LogP contribution in [-0.4, -0.2) is 37.8 Å². The Bertz CT molecular complexity index is 252. The first-order valence-corrected chi connectivity index (χ1v) is 6.07. The Morgan fingerprint density at radius 3 is 2.38 bits per heavy atom. The topological polar surface area (TPSA) is 45.7 Å². The first-order valence-electron chi connectivity index (χ1n) is 6.07. The fraction of sp³-hybridized carbons (Fsp3) is 0.909. The molecule has 3 fully saturated rings. The molecule has 2 aliphatic heterocycles. The van der Waals surface area contributed by atoms with Gasteiger partial charge in [-0.3, -0.25) is 4.99 Å². The van der Waals surface area contributed by atoms with Crippen molar-refractivity contribution in [3.63, 3.8) is 0 Å². The molecular formula is C11H20IN3O. The zero-order valence-electron chi connectivity index (χ0n) is 9.45. The largest absolute Gasteiger partial charge is 0.377 e. The summed E-state index contributed by atoms with van der Waals surface area (Å²) in [7, 11) is 0. The van der Waals surface area contributed by atoms with Crippen LogP contribution in [0.25, 0.3) is 0 Å². The molecule has 2 N–H and O–H groups in total. The van der Waals surface area contributed by atoms with Crippen LogP contribution in [0.1, 0.15) is 25.7 Å². The minimum Gasteiger partial charge on any atom is -0.377 e. The molecule has 0 amide bonds. The normalized spacial score (nSPS) is 35.6. The van der Waals surface area contributed by atoms with E-state index in [1.165, 1.54) is 25.7 Å². The van der Waals surface area contributed by atoms with Gasteiger partial charge in [0.1, 0.15) is 0 Å². The fourth-order valence-corrected chi connectivity index (χ4v) is 2.74. The molecule has 2 atom stereocenters. The van der Waals surface area contributed by atoms with Gasteiger partial charge in [0.15, 0.2) is 5.96 Å². The summed E-state index contributed by atoms with van der Waals surface area (Å²) in [6, 6.07) is 0.902. The average molecular weight is 337 g/mol. The Morgan fingerprint density at radius 1 is 1.12 bits per heavy atom. The van der Waals surface area contributed by atoms with Gasteiger partial charge < -0.3 is 15.4 Å². The second-order valence-corrected chi connectivity index (χ2v) is 4.88. The van der Waals surface area contributed by atoms with Crippen molar-refractivity contribution in [1.82, 2.24) is 10.6 Å². The van der Waals surface area contributed by atoms with E-state index in [0.717, 1.165) is 31.6 Å². The summed E-state index contributed by atoms with van der Waals surface area (Å²) < 4.78 is 5.36. The highest BCUT2D eigenvalue weighted by Crippen LogP contribution is 2.24. The molecule has 5 heteroatoms. The van der Waals surface area contributed by atoms with Gasteiger partial charge in [-0.1, -0.05) is 12.8 Å². The molecule has 3 aliphatic rings. The molecular weight excluding hydrogens is 317 g/mol. The van der Waals surface area contributed by atoms with E-state index >= 15 is 0 Å². The lowest BCUT2D eigenvalue weighted by Crippen LogP contribution is -2.31. The van der Waals surface area contributed by atoms with Gasteiger partial charge in [-0.25, -0.2) is 0 Å². The number of nitrogens with zero attached hydrogens (tertiary/aromatic N) is 1. The van der Waals surface area contributed by atoms with Gasteiger partial charge in [-0.05, 0) is 18.8 Å². The Labute approximate surface area is 114 Å². The summed E-state index contributed by atoms with van der Waals surface area (Å²) in [6.07, 6.45) is 5.53. The quantitative estimate of drug-likeness (QED) is 0.742. The van der Waals surface area contributed by atoms with Crippen LogP contribution in [0.2, 0.25) is 0 Å². The Hall–Kier alpha value is -0.0400. The van der Waals surface area contributed by atoms with Crippen LogP contribution in [0, 0.1) is 5.92 Å². The second-order valence-electron chi connectivity index (χ2n) is 4.88. The van der Waals surface area contributed by atoms with Crippen molar-refractivity contribution < 1.29 is 4.74 Å². The molecule has 0 spiro atoms. The van der Waals surface area contributed by atoms with Crippen molar-refractivity contribution >= 4 is 29.9 Å². The van der Waals surface area contributed by atoms with Gasteiger partial charge >= 0.3 is 0 Å². The van der Waals surface area contributed by atoms with Crippen molar-refractivity contribution in [2.75, 3.05) is 19.8 Å². The zero-order chi connectivity index (χ0) is 10.1. The number of fused-ring (bicyclic) bond motifs is 1. The van der Waals surface area contributed by atoms with E-state index in [2.05, 4.69) is 15.6 Å². The summed E-state index contributed by atoms with van der Waals surface area (Å²) in [4.78, 5) is 4.63. The summed E-state index contributed by atoms with van der Waals surface area (Å²) in [5.74, 6) is 1.83. The smallest absolute Gasteiger partial charge is 0.192 e. The summed E-state index contributed by atoms with van der Waals surface area (Å²) in [5, 5.41) is 6.78. The Kier molecular flexibility index (Phi) is 4.29. The molecule has 0 aromatic heterocycles. The first-order chi connectivity index (χ1) is 7.42. The van der Waals surface area contributed by atoms with Gasteiger partial charge in [-0.15, -0.1) is 24.0 Å². The SMILES string of the molecule is C1CCC(CN=C2N[C@H]3COC[C@H]3N2)C1.I. The van der Waals surface area contributed by atoms with E-state index in [1.54, 1.807) is 0 Å². The van der Waals surface area contributed by atoms with Gasteiger partial charge in [0, 0.05) is 6.54 Å². The van der Waals surface area contributed by atoms with Gasteiger partial charge in [0.25, 0.3) is 0 Å². The molecule has 0 unspecified atom stereocenters. The molecule has 2 heterocycles. The maximum absolute atomic E-state index is 5.36. The van der Waals surface area contributed by atoms with Crippen molar-refractivity contribution in [1.29, 1.82) is 0 Å². The van der Waals surface area contributed by atoms with Crippen LogP contribution in [-0.2, 0) is 4.74 Å². The lowest BCUT2D eigenvalue weighted by atomic mass is 10.1. The highest BCUT2D eigenvalue weighted by Gasteiger charge is 2.35. The van der Waals surface area contributed by atoms with Crippen LogP contribution < -0.4 is 10.6 Å². The minimum atomic E-state index is 0. The summed E-state index contributed by atoms with van der Waals surface area (Å²) >= 11 is 0. The molecule has 1 saturated carbocycles. The number of guanidine groups is 1. The molecule has 1 aliphatic carbocycles. The second kappa shape index (κ2) is 5.53. The van der Waals surface area contributed by atoms with Crippen LogP contribution in [0.4, 0.5) is 0 Å². The molecule has 0 radical (unpaired) electrons. The van der Waals surface area contributed by atoms with Crippen molar-refractivity contribution in [3.8, 4) is 0 Å². The average Bonchev–Trinajstić information content (AvgIpc) is 2.91. The lowest BCUT2D eigenvalue weighted by molar-refractivity contribution is 0.186. The lowest BCUT2D eigenvalue weighted by Gasteiger charge is -2.07. The van der Waals surface area contributed by atoms with E-state index in [9.17, 15) is 0 Å². The van der Waals surface area contributed by atoms with Crippen molar-refractivity contribution in [2.45, 2.75) is 37.8 Å². The number of nitrogens with one attached hydrogen (secondary N) is 2. The van der Waals surface area contributed by atoms with Crippen molar-refractivity contribution in [3.05, 3.63) is 0 Å². The highest BCUT2D eigenvalue weighted by atomic mass is 127. The Balaban J connectivity index is 0.000000963. The third kappa shape index (κ3) is 2.61. The number of hydrogen-bond acceptors (Lipinski definition) is 2. The van der Waals surface area contributed by atoms with E-state index in [1.807, 2.05) is 0 Å². The maximum Gasteiger partial charge on any atom is 0.192 e. The zero-order valence-corrected chi connectivity index (χ0v) is 11.8. The van der Waals surface area contributed by atoms with Crippen molar-refractivity contribution in [2.24, 2.45) is 10.9 Å². The number of ether oxygens (including phenoxy) is 1. The summed E-state index contributed by atoms with van der Waals surface area (Å²) in [6.45, 7) is 2.63. The minimum absolute atomic E-state index is 0. The number of halogens is 1. The third-order valence-electron chi connectivity index (χ3n) is 3.71. The first kappa shape index (κ1) is 12.4. The van der Waals surface area contributed by atoms with Gasteiger partial charge in [-0.2, -0.15) is 0 Å². The molecule has 4 nitrogen and oxygen atoms in total. The fourth-order valence-electron chi connectivity index (χ4n) is 2.74. The number of hydrogen-bond donors (Lipinski definition) is 2. The molecule has 0 aromatic rings. The summed E-state index contributed by atoms with van der Waals surface area (Å²) in [5.41, 5.74) is 0. The van der Waals surface area contributed by atoms with Crippen LogP contribution in [0.3, 0.4) is 0 Å². The standard InChI is InChI=1S/C11H19N3O.HI/c1-2-4-8(3-1)5-12-11-13-9-6-15-7-10(9)14-11;/h8-10H,1-7H2,(H2,12,13,14);1H/t9-,10+;. The maximum atomic E-state index is 5.36. The predicted octanol–water partition coefficient (Wildman–Crippen LogP) is 1.11. The monoisotopic (exact) mass is 337 g/mol. The van der Waals surface area contributed by atoms with Crippen LogP contribution in [0.5, 0.6) is 0 Å². The van der Waals surface area contributed by atoms with E-state index in [4.69, 9.17) is 4.74 Å². The van der Waals surface area contributed by atoms with Crippen LogP contribution in [0.15, 0.2) is 4.99 Å². The molecule has 0 aromatic carbocycles. The van der Waals surface area contributed by atoms with Crippen LogP contribution >= 0.6 is 24.0 Å². The van der Waals surface area contributed by atoms with E-state index in [-0.39, 0.29) is 24.0 Å². The molecule has 16 heavy (non-hydrogen) atoms. The number of aliphatic imine (C=N–C) groups is 1.